The summed E-state index contributed by atoms with van der Waals surface area (Å²) in [5.74, 6) is -0.552. The van der Waals surface area contributed by atoms with Crippen molar-refractivity contribution in [1.29, 1.82) is 0 Å². The second-order valence-electron chi connectivity index (χ2n) is 8.19. The van der Waals surface area contributed by atoms with Gasteiger partial charge in [-0.2, -0.15) is 4.31 Å². The highest BCUT2D eigenvalue weighted by Gasteiger charge is 2.26. The fourth-order valence-corrected chi connectivity index (χ4v) is 5.09. The number of ether oxygens (including phenoxy) is 1. The maximum atomic E-state index is 12.7. The molecule has 9 heteroatoms. The molecule has 0 unspecified atom stereocenters. The third-order valence-corrected chi connectivity index (χ3v) is 7.68. The summed E-state index contributed by atoms with van der Waals surface area (Å²) in [4.78, 5) is 25.4. The number of rotatable bonds is 7. The SMILES string of the molecule is Cc1ccc(C(=O)NCc2ccc(S(=O)(=O)N3CCOCC3)cc2)cc1NC(=O)c1ccccc1. The van der Waals surface area contributed by atoms with Crippen LogP contribution in [0.15, 0.2) is 77.7 Å². The zero-order valence-electron chi connectivity index (χ0n) is 19.4. The summed E-state index contributed by atoms with van der Waals surface area (Å²) in [6.45, 7) is 3.54. The van der Waals surface area contributed by atoms with Crippen LogP contribution in [0, 0.1) is 6.92 Å². The van der Waals surface area contributed by atoms with Gasteiger partial charge in [0.1, 0.15) is 0 Å². The lowest BCUT2D eigenvalue weighted by molar-refractivity contribution is 0.0730. The van der Waals surface area contributed by atoms with Crippen LogP contribution in [0.3, 0.4) is 0 Å². The number of nitrogens with zero attached hydrogens (tertiary/aromatic N) is 1. The Bertz CT molecular complexity index is 1300. The fraction of sp³-hybridized carbons (Fsp3) is 0.231. The van der Waals surface area contributed by atoms with Crippen molar-refractivity contribution in [3.05, 3.63) is 95.1 Å². The molecule has 3 aromatic carbocycles. The van der Waals surface area contributed by atoms with Crippen LogP contribution >= 0.6 is 0 Å². The molecule has 0 saturated carbocycles. The van der Waals surface area contributed by atoms with Crippen molar-refractivity contribution in [3.8, 4) is 0 Å². The Morgan fingerprint density at radius 3 is 2.26 bits per heavy atom. The number of benzene rings is 3. The van der Waals surface area contributed by atoms with E-state index in [2.05, 4.69) is 10.6 Å². The van der Waals surface area contributed by atoms with Gasteiger partial charge in [-0.1, -0.05) is 36.4 Å². The van der Waals surface area contributed by atoms with Crippen molar-refractivity contribution >= 4 is 27.5 Å². The summed E-state index contributed by atoms with van der Waals surface area (Å²) in [6.07, 6.45) is 0. The van der Waals surface area contributed by atoms with E-state index in [0.717, 1.165) is 11.1 Å². The molecule has 0 bridgehead atoms. The Balaban J connectivity index is 1.38. The monoisotopic (exact) mass is 493 g/mol. The van der Waals surface area contributed by atoms with Gasteiger partial charge in [0, 0.05) is 36.4 Å². The summed E-state index contributed by atoms with van der Waals surface area (Å²) in [7, 11) is -3.56. The van der Waals surface area contributed by atoms with E-state index in [-0.39, 0.29) is 23.3 Å². The molecule has 1 aliphatic rings. The van der Waals surface area contributed by atoms with Crippen LogP contribution in [-0.2, 0) is 21.3 Å². The first-order chi connectivity index (χ1) is 16.8. The van der Waals surface area contributed by atoms with E-state index in [4.69, 9.17) is 4.74 Å². The van der Waals surface area contributed by atoms with Crippen LogP contribution in [0.2, 0.25) is 0 Å². The van der Waals surface area contributed by atoms with E-state index in [0.29, 0.717) is 43.1 Å². The van der Waals surface area contributed by atoms with Gasteiger partial charge in [-0.15, -0.1) is 0 Å². The first kappa shape index (κ1) is 24.6. The van der Waals surface area contributed by atoms with Gasteiger partial charge in [0.2, 0.25) is 10.0 Å². The van der Waals surface area contributed by atoms with E-state index in [1.807, 2.05) is 13.0 Å². The largest absolute Gasteiger partial charge is 0.379 e. The van der Waals surface area contributed by atoms with Crippen molar-refractivity contribution in [2.24, 2.45) is 0 Å². The quantitative estimate of drug-likeness (QED) is 0.526. The van der Waals surface area contributed by atoms with E-state index in [9.17, 15) is 18.0 Å². The number of sulfonamides is 1. The van der Waals surface area contributed by atoms with Gasteiger partial charge in [0.25, 0.3) is 11.8 Å². The molecule has 1 heterocycles. The van der Waals surface area contributed by atoms with Crippen molar-refractivity contribution in [2.45, 2.75) is 18.4 Å². The Morgan fingerprint density at radius 2 is 1.57 bits per heavy atom. The summed E-state index contributed by atoms with van der Waals surface area (Å²) >= 11 is 0. The number of carbonyl (C=O) groups is 2. The molecule has 0 radical (unpaired) electrons. The Hall–Kier alpha value is -3.53. The highest BCUT2D eigenvalue weighted by atomic mass is 32.2. The highest BCUT2D eigenvalue weighted by Crippen LogP contribution is 2.20. The second-order valence-corrected chi connectivity index (χ2v) is 10.1. The Labute approximate surface area is 205 Å². The molecule has 8 nitrogen and oxygen atoms in total. The number of hydrogen-bond acceptors (Lipinski definition) is 5. The van der Waals surface area contributed by atoms with Crippen LogP contribution < -0.4 is 10.6 Å². The first-order valence-corrected chi connectivity index (χ1v) is 12.7. The second kappa shape index (κ2) is 10.8. The predicted molar refractivity (Wildman–Crippen MR) is 133 cm³/mol. The Kier molecular flexibility index (Phi) is 7.60. The molecule has 1 aliphatic heterocycles. The topological polar surface area (TPSA) is 105 Å². The number of amides is 2. The number of morpholine rings is 1. The molecule has 0 atom stereocenters. The molecule has 182 valence electrons. The molecule has 0 spiro atoms. The zero-order chi connectivity index (χ0) is 24.8. The predicted octanol–water partition coefficient (Wildman–Crippen LogP) is 3.20. The van der Waals surface area contributed by atoms with Crippen molar-refractivity contribution < 1.29 is 22.7 Å². The van der Waals surface area contributed by atoms with Gasteiger partial charge in [-0.25, -0.2) is 8.42 Å². The van der Waals surface area contributed by atoms with Gasteiger partial charge in [-0.05, 0) is 54.4 Å². The van der Waals surface area contributed by atoms with E-state index in [1.54, 1.807) is 66.7 Å². The molecule has 35 heavy (non-hydrogen) atoms. The summed E-state index contributed by atoms with van der Waals surface area (Å²) in [6, 6.07) is 20.5. The van der Waals surface area contributed by atoms with Crippen molar-refractivity contribution in [1.82, 2.24) is 9.62 Å². The van der Waals surface area contributed by atoms with E-state index in [1.165, 1.54) is 4.31 Å². The summed E-state index contributed by atoms with van der Waals surface area (Å²) in [5, 5.41) is 5.70. The molecule has 4 rings (SSSR count). The van der Waals surface area contributed by atoms with E-state index < -0.39 is 10.0 Å². The summed E-state index contributed by atoms with van der Waals surface area (Å²) < 4.78 is 32.1. The lowest BCUT2D eigenvalue weighted by atomic mass is 10.1. The van der Waals surface area contributed by atoms with Gasteiger partial charge < -0.3 is 15.4 Å². The lowest BCUT2D eigenvalue weighted by Crippen LogP contribution is -2.40. The number of carbonyl (C=O) groups excluding carboxylic acids is 2. The molecule has 0 aliphatic carbocycles. The number of nitrogens with one attached hydrogen (secondary N) is 2. The van der Waals surface area contributed by atoms with Crippen molar-refractivity contribution in [3.63, 3.8) is 0 Å². The number of aryl methyl sites for hydroxylation is 1. The molecule has 2 N–H and O–H groups in total. The van der Waals surface area contributed by atoms with Crippen LogP contribution in [0.25, 0.3) is 0 Å². The number of anilines is 1. The number of hydrogen-bond donors (Lipinski definition) is 2. The first-order valence-electron chi connectivity index (χ1n) is 11.3. The molecule has 2 amide bonds. The average molecular weight is 494 g/mol. The van der Waals surface area contributed by atoms with Crippen LogP contribution in [-0.4, -0.2) is 50.8 Å². The maximum Gasteiger partial charge on any atom is 0.255 e. The molecule has 3 aromatic rings. The Morgan fingerprint density at radius 1 is 0.886 bits per heavy atom. The smallest absolute Gasteiger partial charge is 0.255 e. The van der Waals surface area contributed by atoms with Gasteiger partial charge >= 0.3 is 0 Å². The minimum atomic E-state index is -3.56. The molecule has 1 fully saturated rings. The van der Waals surface area contributed by atoms with Gasteiger partial charge in [-0.3, -0.25) is 9.59 Å². The average Bonchev–Trinajstić information content (AvgIpc) is 2.89. The third-order valence-electron chi connectivity index (χ3n) is 5.77. The zero-order valence-corrected chi connectivity index (χ0v) is 20.2. The maximum absolute atomic E-state index is 12.7. The standard InChI is InChI=1S/C26H27N3O5S/c1-19-7-10-22(17-24(19)28-26(31)21-5-3-2-4-6-21)25(30)27-18-20-8-11-23(12-9-20)35(32,33)29-13-15-34-16-14-29/h2-12,17H,13-16,18H2,1H3,(H,27,30)(H,28,31). The summed E-state index contributed by atoms with van der Waals surface area (Å²) in [5.41, 5.74) is 3.10. The van der Waals surface area contributed by atoms with Gasteiger partial charge in [0.05, 0.1) is 18.1 Å². The lowest BCUT2D eigenvalue weighted by Gasteiger charge is -2.26. The fourth-order valence-electron chi connectivity index (χ4n) is 3.68. The van der Waals surface area contributed by atoms with Gasteiger partial charge in [0.15, 0.2) is 0 Å². The molecule has 0 aromatic heterocycles. The van der Waals surface area contributed by atoms with E-state index >= 15 is 0 Å². The minimum Gasteiger partial charge on any atom is -0.379 e. The van der Waals surface area contributed by atoms with Crippen LogP contribution in [0.1, 0.15) is 31.8 Å². The minimum absolute atomic E-state index is 0.215. The molecular weight excluding hydrogens is 466 g/mol. The van der Waals surface area contributed by atoms with Crippen LogP contribution in [0.5, 0.6) is 0 Å². The highest BCUT2D eigenvalue weighted by molar-refractivity contribution is 7.89. The normalized spacial score (nSPS) is 14.3. The van der Waals surface area contributed by atoms with Crippen LogP contribution in [0.4, 0.5) is 5.69 Å². The third kappa shape index (κ3) is 5.94. The molecule has 1 saturated heterocycles. The van der Waals surface area contributed by atoms with Crippen molar-refractivity contribution in [2.75, 3.05) is 31.6 Å². The molecular formula is C26H27N3O5S.